The van der Waals surface area contributed by atoms with E-state index in [2.05, 4.69) is 17.4 Å². The molecule has 3 aromatic carbocycles. The number of carbonyl (C=O) groups excluding carboxylic acids is 1. The summed E-state index contributed by atoms with van der Waals surface area (Å²) < 4.78 is 37.7. The minimum absolute atomic E-state index is 0.0469. The molecule has 0 aliphatic carbocycles. The Balaban J connectivity index is 0.000000517. The lowest BCUT2D eigenvalue weighted by Crippen LogP contribution is -2.41. The molecule has 0 spiro atoms. The van der Waals surface area contributed by atoms with Gasteiger partial charge in [0.15, 0.2) is 0 Å². The SMILES string of the molecule is O=C(O)C(F)(F)F.O=C(c1ccccc1)N1CCc2cc(O)ccc2C1Cc1ccc(OCCC2CCCCN2)cc1. The second kappa shape index (κ2) is 14.2. The summed E-state index contributed by atoms with van der Waals surface area (Å²) >= 11 is 0. The van der Waals surface area contributed by atoms with Crippen molar-refractivity contribution in [3.63, 3.8) is 0 Å². The largest absolute Gasteiger partial charge is 0.508 e. The highest BCUT2D eigenvalue weighted by atomic mass is 19.4. The molecular formula is C32H35F3N2O5. The van der Waals surface area contributed by atoms with Crippen molar-refractivity contribution in [1.82, 2.24) is 10.2 Å². The van der Waals surface area contributed by atoms with Crippen molar-refractivity contribution in [2.45, 2.75) is 56.8 Å². The fraction of sp³-hybridized carbons (Fsp3) is 0.375. The Labute approximate surface area is 242 Å². The summed E-state index contributed by atoms with van der Waals surface area (Å²) in [5.41, 5.74) is 4.08. The van der Waals surface area contributed by atoms with E-state index in [1.54, 1.807) is 6.07 Å². The highest BCUT2D eigenvalue weighted by Crippen LogP contribution is 2.35. The summed E-state index contributed by atoms with van der Waals surface area (Å²) in [6.07, 6.45) is 1.22. The number of amides is 1. The summed E-state index contributed by atoms with van der Waals surface area (Å²) in [5, 5.41) is 20.7. The lowest BCUT2D eigenvalue weighted by atomic mass is 9.88. The van der Waals surface area contributed by atoms with Gasteiger partial charge in [-0.15, -0.1) is 0 Å². The average Bonchev–Trinajstić information content (AvgIpc) is 2.98. The van der Waals surface area contributed by atoms with Crippen LogP contribution in [0.15, 0.2) is 72.8 Å². The number of fused-ring (bicyclic) bond motifs is 1. The molecule has 2 aliphatic rings. The van der Waals surface area contributed by atoms with Gasteiger partial charge in [-0.1, -0.05) is 42.8 Å². The van der Waals surface area contributed by atoms with Crippen molar-refractivity contribution >= 4 is 11.9 Å². The summed E-state index contributed by atoms with van der Waals surface area (Å²) in [5.74, 6) is -1.55. The number of nitrogens with one attached hydrogen (secondary N) is 1. The van der Waals surface area contributed by atoms with Crippen LogP contribution in [0.25, 0.3) is 0 Å². The number of hydrogen-bond donors (Lipinski definition) is 3. The molecule has 2 unspecified atom stereocenters. The maximum absolute atomic E-state index is 13.4. The monoisotopic (exact) mass is 584 g/mol. The van der Waals surface area contributed by atoms with Crippen molar-refractivity contribution in [1.29, 1.82) is 0 Å². The van der Waals surface area contributed by atoms with Gasteiger partial charge in [0, 0.05) is 18.2 Å². The van der Waals surface area contributed by atoms with Gasteiger partial charge in [0.2, 0.25) is 0 Å². The number of aromatic hydroxyl groups is 1. The fourth-order valence-electron chi connectivity index (χ4n) is 5.34. The predicted molar refractivity (Wildman–Crippen MR) is 152 cm³/mol. The molecular weight excluding hydrogens is 549 g/mol. The fourth-order valence-corrected chi connectivity index (χ4v) is 5.34. The van der Waals surface area contributed by atoms with E-state index >= 15 is 0 Å². The molecule has 2 atom stereocenters. The molecule has 1 saturated heterocycles. The van der Waals surface area contributed by atoms with Gasteiger partial charge in [-0.05, 0) is 91.7 Å². The summed E-state index contributed by atoms with van der Waals surface area (Å²) in [4.78, 5) is 24.3. The zero-order valence-electron chi connectivity index (χ0n) is 23.1. The molecule has 0 saturated carbocycles. The normalized spacial score (nSPS) is 18.3. The number of ether oxygens (including phenoxy) is 1. The minimum Gasteiger partial charge on any atom is -0.508 e. The van der Waals surface area contributed by atoms with E-state index in [0.717, 1.165) is 48.4 Å². The first-order chi connectivity index (χ1) is 20.1. The van der Waals surface area contributed by atoms with Crippen LogP contribution in [-0.4, -0.2) is 58.9 Å². The molecule has 1 fully saturated rings. The first-order valence-corrected chi connectivity index (χ1v) is 14.0. The first-order valence-electron chi connectivity index (χ1n) is 14.0. The molecule has 0 bridgehead atoms. The van der Waals surface area contributed by atoms with Crippen molar-refractivity contribution in [3.05, 3.63) is 95.1 Å². The average molecular weight is 585 g/mol. The number of halogens is 3. The van der Waals surface area contributed by atoms with Crippen LogP contribution in [0, 0.1) is 0 Å². The number of phenolic OH excluding ortho intramolecular Hbond substituents is 1. The molecule has 1 amide bonds. The number of nitrogens with zero attached hydrogens (tertiary/aromatic N) is 1. The van der Waals surface area contributed by atoms with Gasteiger partial charge in [-0.2, -0.15) is 13.2 Å². The molecule has 3 aromatic rings. The number of piperidine rings is 1. The lowest BCUT2D eigenvalue weighted by Gasteiger charge is -2.38. The highest BCUT2D eigenvalue weighted by Gasteiger charge is 2.38. The molecule has 5 rings (SSSR count). The van der Waals surface area contributed by atoms with Crippen LogP contribution >= 0.6 is 0 Å². The molecule has 2 aliphatic heterocycles. The van der Waals surface area contributed by atoms with Crippen LogP contribution in [0.3, 0.4) is 0 Å². The van der Waals surface area contributed by atoms with Gasteiger partial charge in [0.05, 0.1) is 12.6 Å². The molecule has 2 heterocycles. The zero-order valence-corrected chi connectivity index (χ0v) is 23.1. The van der Waals surface area contributed by atoms with Crippen molar-refractivity contribution in [2.75, 3.05) is 19.7 Å². The van der Waals surface area contributed by atoms with Gasteiger partial charge in [-0.3, -0.25) is 4.79 Å². The van der Waals surface area contributed by atoms with Gasteiger partial charge >= 0.3 is 12.1 Å². The van der Waals surface area contributed by atoms with E-state index < -0.39 is 12.1 Å². The predicted octanol–water partition coefficient (Wildman–Crippen LogP) is 5.92. The number of alkyl halides is 3. The van der Waals surface area contributed by atoms with E-state index in [9.17, 15) is 23.1 Å². The standard InChI is InChI=1S/C30H34N2O3.C2HF3O2/c33-26-11-14-28-24(21-26)15-18-32(30(34)23-6-2-1-3-7-23)29(28)20-22-9-12-27(13-10-22)35-19-16-25-8-4-5-17-31-25;3-2(4,5)1(6)7/h1-3,6-7,9-14,21,25,29,31,33H,4-5,8,15-20H2;(H,6,7). The number of aliphatic carboxylic acids is 1. The van der Waals surface area contributed by atoms with E-state index in [1.807, 2.05) is 59.5 Å². The molecule has 224 valence electrons. The summed E-state index contributed by atoms with van der Waals surface area (Å²) in [6.45, 7) is 2.47. The van der Waals surface area contributed by atoms with Crippen LogP contribution in [0.1, 0.15) is 58.8 Å². The maximum Gasteiger partial charge on any atom is 0.490 e. The number of carboxylic acids is 1. The second-order valence-electron chi connectivity index (χ2n) is 10.4. The Hall–Kier alpha value is -4.05. The van der Waals surface area contributed by atoms with Gasteiger partial charge in [-0.25, -0.2) is 4.79 Å². The quantitative estimate of drug-likeness (QED) is 0.319. The smallest absolute Gasteiger partial charge is 0.490 e. The molecule has 3 N–H and O–H groups in total. The van der Waals surface area contributed by atoms with Crippen LogP contribution < -0.4 is 10.1 Å². The number of benzene rings is 3. The Bertz CT molecular complexity index is 1330. The van der Waals surface area contributed by atoms with E-state index in [0.29, 0.717) is 24.6 Å². The molecule has 10 heteroatoms. The minimum atomic E-state index is -5.08. The Kier molecular flexibility index (Phi) is 10.5. The second-order valence-corrected chi connectivity index (χ2v) is 10.4. The maximum atomic E-state index is 13.4. The van der Waals surface area contributed by atoms with E-state index in [-0.39, 0.29) is 17.7 Å². The lowest BCUT2D eigenvalue weighted by molar-refractivity contribution is -0.192. The number of carbonyl (C=O) groups is 2. The van der Waals surface area contributed by atoms with E-state index in [1.165, 1.54) is 19.3 Å². The summed E-state index contributed by atoms with van der Waals surface area (Å²) in [6, 6.07) is 23.8. The molecule has 42 heavy (non-hydrogen) atoms. The molecule has 7 nitrogen and oxygen atoms in total. The van der Waals surface area contributed by atoms with Crippen molar-refractivity contribution in [3.8, 4) is 11.5 Å². The van der Waals surface area contributed by atoms with Crippen LogP contribution in [0.2, 0.25) is 0 Å². The van der Waals surface area contributed by atoms with Crippen LogP contribution in [0.5, 0.6) is 11.5 Å². The third kappa shape index (κ3) is 8.48. The summed E-state index contributed by atoms with van der Waals surface area (Å²) in [7, 11) is 0. The Morgan fingerprint density at radius 1 is 1.00 bits per heavy atom. The third-order valence-electron chi connectivity index (χ3n) is 7.51. The van der Waals surface area contributed by atoms with Gasteiger partial charge in [0.25, 0.3) is 5.91 Å². The topological polar surface area (TPSA) is 99.1 Å². The van der Waals surface area contributed by atoms with E-state index in [4.69, 9.17) is 14.6 Å². The molecule has 0 aromatic heterocycles. The van der Waals surface area contributed by atoms with Crippen molar-refractivity contribution < 1.29 is 37.7 Å². The Morgan fingerprint density at radius 3 is 2.36 bits per heavy atom. The Morgan fingerprint density at radius 2 is 1.71 bits per heavy atom. The first kappa shape index (κ1) is 30.9. The number of hydrogen-bond acceptors (Lipinski definition) is 5. The van der Waals surface area contributed by atoms with Crippen molar-refractivity contribution in [2.24, 2.45) is 0 Å². The number of phenols is 1. The zero-order chi connectivity index (χ0) is 30.1. The third-order valence-corrected chi connectivity index (χ3v) is 7.51. The van der Waals surface area contributed by atoms with Crippen LogP contribution in [-0.2, 0) is 17.6 Å². The molecule has 0 radical (unpaired) electrons. The van der Waals surface area contributed by atoms with Crippen LogP contribution in [0.4, 0.5) is 13.2 Å². The number of carboxylic acid groups (broad SMARTS) is 1. The highest BCUT2D eigenvalue weighted by molar-refractivity contribution is 5.94. The van der Waals surface area contributed by atoms with Gasteiger partial charge < -0.3 is 25.2 Å². The van der Waals surface area contributed by atoms with Gasteiger partial charge in [0.1, 0.15) is 11.5 Å². The number of rotatable bonds is 7.